The molecule has 0 aliphatic rings. The number of rotatable bonds is 3. The van der Waals surface area contributed by atoms with Gasteiger partial charge in [-0.1, -0.05) is 11.6 Å². The quantitative estimate of drug-likeness (QED) is 0.931. The van der Waals surface area contributed by atoms with Gasteiger partial charge in [0, 0.05) is 23.2 Å². The maximum Gasteiger partial charge on any atom is 0.244 e. The van der Waals surface area contributed by atoms with Gasteiger partial charge < -0.3 is 10.2 Å². The fraction of sp³-hybridized carbons (Fsp3) is 0.467. The van der Waals surface area contributed by atoms with Crippen LogP contribution >= 0.6 is 11.6 Å². The lowest BCUT2D eigenvalue weighted by atomic mass is 10.1. The first-order chi connectivity index (χ1) is 9.11. The molecule has 0 heterocycles. The summed E-state index contributed by atoms with van der Waals surface area (Å²) in [6.45, 7) is 9.06. The number of hydrogen-bond acceptors (Lipinski definition) is 2. The minimum Gasteiger partial charge on any atom is -0.329 e. The molecule has 0 aliphatic carbocycles. The van der Waals surface area contributed by atoms with Crippen LogP contribution in [-0.4, -0.2) is 28.8 Å². The largest absolute Gasteiger partial charge is 0.329 e. The van der Waals surface area contributed by atoms with Gasteiger partial charge in [-0.05, 0) is 51.5 Å². The molecule has 4 nitrogen and oxygen atoms in total. The van der Waals surface area contributed by atoms with Gasteiger partial charge in [-0.25, -0.2) is 0 Å². The van der Waals surface area contributed by atoms with Crippen LogP contribution in [-0.2, 0) is 9.59 Å². The van der Waals surface area contributed by atoms with Crippen molar-refractivity contribution in [3.63, 3.8) is 0 Å². The average Bonchev–Trinajstić information content (AvgIpc) is 2.28. The molecule has 0 bridgehead atoms. The summed E-state index contributed by atoms with van der Waals surface area (Å²) in [6.07, 6.45) is 0. The molecule has 20 heavy (non-hydrogen) atoms. The van der Waals surface area contributed by atoms with Gasteiger partial charge in [-0.2, -0.15) is 0 Å². The fourth-order valence-corrected chi connectivity index (χ4v) is 2.15. The number of carbonyl (C=O) groups excluding carboxylic acids is 2. The monoisotopic (exact) mass is 296 g/mol. The Hall–Kier alpha value is -1.55. The van der Waals surface area contributed by atoms with Gasteiger partial charge in [0.2, 0.25) is 11.8 Å². The van der Waals surface area contributed by atoms with E-state index >= 15 is 0 Å². The molecule has 0 atom stereocenters. The third-order valence-corrected chi connectivity index (χ3v) is 3.19. The second-order valence-corrected chi connectivity index (χ2v) is 6.22. The lowest BCUT2D eigenvalue weighted by molar-refractivity contribution is -0.137. The van der Waals surface area contributed by atoms with Gasteiger partial charge in [0.05, 0.1) is 0 Å². The molecular weight excluding hydrogens is 276 g/mol. The summed E-state index contributed by atoms with van der Waals surface area (Å²) in [7, 11) is 0. The van der Waals surface area contributed by atoms with E-state index in [1.807, 2.05) is 27.7 Å². The van der Waals surface area contributed by atoms with Crippen LogP contribution in [0.3, 0.4) is 0 Å². The van der Waals surface area contributed by atoms with Crippen LogP contribution in [0.1, 0.15) is 33.3 Å². The molecule has 5 heteroatoms. The molecule has 0 aliphatic heterocycles. The molecule has 1 rings (SSSR count). The average molecular weight is 297 g/mol. The summed E-state index contributed by atoms with van der Waals surface area (Å²) < 4.78 is 0. The van der Waals surface area contributed by atoms with E-state index in [0.29, 0.717) is 10.7 Å². The maximum atomic E-state index is 12.1. The van der Waals surface area contributed by atoms with Crippen LogP contribution in [0.25, 0.3) is 0 Å². The van der Waals surface area contributed by atoms with Gasteiger partial charge >= 0.3 is 0 Å². The molecule has 0 saturated carbocycles. The fourth-order valence-electron chi connectivity index (χ4n) is 1.92. The minimum absolute atomic E-state index is 0.0287. The highest BCUT2D eigenvalue weighted by molar-refractivity contribution is 6.30. The number of halogens is 1. The molecular formula is C15H21ClN2O2. The highest BCUT2D eigenvalue weighted by Gasteiger charge is 2.25. The highest BCUT2D eigenvalue weighted by Crippen LogP contribution is 2.20. The number of hydrogen-bond donors (Lipinski definition) is 1. The predicted octanol–water partition coefficient (Wildman–Crippen LogP) is 3.23. The SMILES string of the molecule is CC(=O)N(CC(=O)Nc1ccc(Cl)cc1C)C(C)(C)C. The van der Waals surface area contributed by atoms with Crippen LogP contribution in [0, 0.1) is 6.92 Å². The standard InChI is InChI=1S/C15H21ClN2O2/c1-10-8-12(16)6-7-13(10)17-14(20)9-18(11(2)19)15(3,4)5/h6-8H,9H2,1-5H3,(H,17,20). The molecule has 2 amide bonds. The van der Waals surface area contributed by atoms with E-state index in [1.165, 1.54) is 11.8 Å². The van der Waals surface area contributed by atoms with E-state index in [0.717, 1.165) is 5.56 Å². The van der Waals surface area contributed by atoms with Crippen molar-refractivity contribution in [2.75, 3.05) is 11.9 Å². The number of amides is 2. The summed E-state index contributed by atoms with van der Waals surface area (Å²) in [5.74, 6) is -0.346. The molecule has 1 aromatic carbocycles. The second-order valence-electron chi connectivity index (χ2n) is 5.78. The minimum atomic E-state index is -0.391. The smallest absolute Gasteiger partial charge is 0.244 e. The van der Waals surface area contributed by atoms with E-state index in [2.05, 4.69) is 5.32 Å². The zero-order valence-corrected chi connectivity index (χ0v) is 13.3. The molecule has 0 radical (unpaired) electrons. The number of nitrogens with one attached hydrogen (secondary N) is 1. The van der Waals surface area contributed by atoms with Gasteiger partial charge in [-0.3, -0.25) is 9.59 Å². The summed E-state index contributed by atoms with van der Waals surface area (Å²) in [5.41, 5.74) is 1.20. The van der Waals surface area contributed by atoms with E-state index in [-0.39, 0.29) is 18.4 Å². The topological polar surface area (TPSA) is 49.4 Å². The molecule has 1 N–H and O–H groups in total. The Bertz CT molecular complexity index is 521. The Kier molecular flexibility index (Phi) is 5.17. The maximum absolute atomic E-state index is 12.1. The molecule has 110 valence electrons. The zero-order chi connectivity index (χ0) is 15.5. The number of anilines is 1. The third-order valence-electron chi connectivity index (χ3n) is 2.95. The van der Waals surface area contributed by atoms with Crippen molar-refractivity contribution in [1.29, 1.82) is 0 Å². The van der Waals surface area contributed by atoms with Crippen LogP contribution in [0.5, 0.6) is 0 Å². The molecule has 0 saturated heterocycles. The lowest BCUT2D eigenvalue weighted by Gasteiger charge is -2.34. The Labute approximate surface area is 125 Å². The number of nitrogens with zero attached hydrogens (tertiary/aromatic N) is 1. The third kappa shape index (κ3) is 4.53. The molecule has 0 spiro atoms. The Morgan fingerprint density at radius 3 is 2.35 bits per heavy atom. The summed E-state index contributed by atoms with van der Waals surface area (Å²) in [5, 5.41) is 3.43. The Balaban J connectivity index is 2.79. The van der Waals surface area contributed by atoms with E-state index in [9.17, 15) is 9.59 Å². The number of benzene rings is 1. The van der Waals surface area contributed by atoms with E-state index in [4.69, 9.17) is 11.6 Å². The van der Waals surface area contributed by atoms with Crippen molar-refractivity contribution in [3.8, 4) is 0 Å². The first kappa shape index (κ1) is 16.5. The molecule has 0 unspecified atom stereocenters. The van der Waals surface area contributed by atoms with Crippen molar-refractivity contribution in [2.24, 2.45) is 0 Å². The lowest BCUT2D eigenvalue weighted by Crippen LogP contribution is -2.48. The van der Waals surface area contributed by atoms with Crippen molar-refractivity contribution >= 4 is 29.1 Å². The zero-order valence-electron chi connectivity index (χ0n) is 12.6. The van der Waals surface area contributed by atoms with Crippen LogP contribution in [0.2, 0.25) is 5.02 Å². The molecule has 0 aromatic heterocycles. The van der Waals surface area contributed by atoms with Gasteiger partial charge in [0.1, 0.15) is 6.54 Å². The van der Waals surface area contributed by atoms with Crippen LogP contribution < -0.4 is 5.32 Å². The predicted molar refractivity (Wildman–Crippen MR) is 82.0 cm³/mol. The molecule has 0 fully saturated rings. The number of carbonyl (C=O) groups is 2. The number of aryl methyl sites for hydroxylation is 1. The van der Waals surface area contributed by atoms with Gasteiger partial charge in [0.15, 0.2) is 0 Å². The normalized spacial score (nSPS) is 11.1. The van der Waals surface area contributed by atoms with Crippen molar-refractivity contribution in [2.45, 2.75) is 40.2 Å². The van der Waals surface area contributed by atoms with Gasteiger partial charge in [0.25, 0.3) is 0 Å². The van der Waals surface area contributed by atoms with Gasteiger partial charge in [-0.15, -0.1) is 0 Å². The highest BCUT2D eigenvalue weighted by atomic mass is 35.5. The summed E-state index contributed by atoms with van der Waals surface area (Å²) >= 11 is 5.87. The first-order valence-corrected chi connectivity index (χ1v) is 6.83. The van der Waals surface area contributed by atoms with Crippen LogP contribution in [0.15, 0.2) is 18.2 Å². The Morgan fingerprint density at radius 1 is 1.30 bits per heavy atom. The summed E-state index contributed by atoms with van der Waals surface area (Å²) in [4.78, 5) is 25.2. The second kappa shape index (κ2) is 6.27. The van der Waals surface area contributed by atoms with Crippen LogP contribution in [0.4, 0.5) is 5.69 Å². The van der Waals surface area contributed by atoms with Crippen molar-refractivity contribution in [1.82, 2.24) is 4.90 Å². The Morgan fingerprint density at radius 2 is 1.90 bits per heavy atom. The van der Waals surface area contributed by atoms with E-state index < -0.39 is 5.54 Å². The molecule has 1 aromatic rings. The van der Waals surface area contributed by atoms with Crippen molar-refractivity contribution < 1.29 is 9.59 Å². The van der Waals surface area contributed by atoms with E-state index in [1.54, 1.807) is 18.2 Å². The van der Waals surface area contributed by atoms with Crippen molar-refractivity contribution in [3.05, 3.63) is 28.8 Å². The summed E-state index contributed by atoms with van der Waals surface area (Å²) in [6, 6.07) is 5.26. The first-order valence-electron chi connectivity index (χ1n) is 6.45.